The van der Waals surface area contributed by atoms with Gasteiger partial charge in [-0.2, -0.15) is 0 Å². The number of hydrogen-bond donors (Lipinski definition) is 2. The van der Waals surface area contributed by atoms with E-state index in [1.807, 2.05) is 11.8 Å². The SMILES string of the molecule is Sc1ccc2cc(C3(c4ccc5cc(S)ccc5c4)c4ccccc4Sc4ccccc43)ccc2c1. The lowest BCUT2D eigenvalue weighted by atomic mass is 9.64. The molecule has 172 valence electrons. The normalized spacial score (nSPS) is 13.9. The van der Waals surface area contributed by atoms with Crippen molar-refractivity contribution in [1.82, 2.24) is 0 Å². The van der Waals surface area contributed by atoms with Crippen LogP contribution in [0.3, 0.4) is 0 Å². The minimum Gasteiger partial charge on any atom is -0.143 e. The summed E-state index contributed by atoms with van der Waals surface area (Å²) in [6.07, 6.45) is 0. The maximum absolute atomic E-state index is 4.57. The van der Waals surface area contributed by atoms with E-state index in [1.54, 1.807) is 0 Å². The Morgan fingerprint density at radius 2 is 0.861 bits per heavy atom. The Morgan fingerprint density at radius 1 is 0.444 bits per heavy atom. The van der Waals surface area contributed by atoms with Gasteiger partial charge in [0, 0.05) is 19.6 Å². The first kappa shape index (κ1) is 22.1. The molecule has 6 aromatic rings. The summed E-state index contributed by atoms with van der Waals surface area (Å²) in [6, 6.07) is 44.4. The number of rotatable bonds is 2. The Hall–Kier alpha value is -3.11. The summed E-state index contributed by atoms with van der Waals surface area (Å²) in [7, 11) is 0. The summed E-state index contributed by atoms with van der Waals surface area (Å²) < 4.78 is 0. The van der Waals surface area contributed by atoms with Crippen molar-refractivity contribution in [3.05, 3.63) is 144 Å². The molecular weight excluding hydrogens is 493 g/mol. The van der Waals surface area contributed by atoms with Crippen molar-refractivity contribution in [2.75, 3.05) is 0 Å². The van der Waals surface area contributed by atoms with Gasteiger partial charge >= 0.3 is 0 Å². The molecule has 0 aromatic heterocycles. The van der Waals surface area contributed by atoms with E-state index in [0.29, 0.717) is 0 Å². The van der Waals surface area contributed by atoms with Gasteiger partial charge in [-0.3, -0.25) is 0 Å². The van der Waals surface area contributed by atoms with Crippen LogP contribution in [-0.4, -0.2) is 0 Å². The number of benzene rings is 6. The second kappa shape index (κ2) is 8.48. The van der Waals surface area contributed by atoms with Crippen LogP contribution in [0.4, 0.5) is 0 Å². The maximum atomic E-state index is 4.57. The predicted molar refractivity (Wildman–Crippen MR) is 158 cm³/mol. The van der Waals surface area contributed by atoms with Gasteiger partial charge in [-0.1, -0.05) is 84.6 Å². The van der Waals surface area contributed by atoms with E-state index in [1.165, 1.54) is 53.6 Å². The Kier molecular flexibility index (Phi) is 5.21. The zero-order valence-electron chi connectivity index (χ0n) is 19.3. The third kappa shape index (κ3) is 3.34. The fourth-order valence-corrected chi connectivity index (χ4v) is 7.34. The average molecular weight is 515 g/mol. The van der Waals surface area contributed by atoms with E-state index >= 15 is 0 Å². The summed E-state index contributed by atoms with van der Waals surface area (Å²) in [5, 5.41) is 4.85. The van der Waals surface area contributed by atoms with Crippen LogP contribution in [0.1, 0.15) is 22.3 Å². The molecule has 0 radical (unpaired) electrons. The number of hydrogen-bond acceptors (Lipinski definition) is 3. The number of fused-ring (bicyclic) bond motifs is 4. The van der Waals surface area contributed by atoms with Crippen LogP contribution in [0, 0.1) is 0 Å². The van der Waals surface area contributed by atoms with Gasteiger partial charge in [-0.25, -0.2) is 0 Å². The molecule has 0 saturated heterocycles. The Bertz CT molecular complexity index is 1670. The highest BCUT2D eigenvalue weighted by molar-refractivity contribution is 7.99. The lowest BCUT2D eigenvalue weighted by molar-refractivity contribution is 0.705. The van der Waals surface area contributed by atoms with Crippen LogP contribution in [0.15, 0.2) is 141 Å². The third-order valence-corrected chi connectivity index (χ3v) is 9.02. The Labute approximate surface area is 226 Å². The highest BCUT2D eigenvalue weighted by atomic mass is 32.2. The van der Waals surface area contributed by atoms with Gasteiger partial charge in [0.25, 0.3) is 0 Å². The molecule has 0 amide bonds. The highest BCUT2D eigenvalue weighted by Gasteiger charge is 2.44. The smallest absolute Gasteiger partial charge is 0.0723 e. The minimum atomic E-state index is -0.444. The van der Waals surface area contributed by atoms with E-state index < -0.39 is 5.41 Å². The van der Waals surface area contributed by atoms with Gasteiger partial charge in [-0.05, 0) is 92.3 Å². The van der Waals surface area contributed by atoms with Crippen molar-refractivity contribution >= 4 is 58.6 Å². The third-order valence-electron chi connectivity index (χ3n) is 7.32. The summed E-state index contributed by atoms with van der Waals surface area (Å²) in [5.41, 5.74) is 4.74. The van der Waals surface area contributed by atoms with Gasteiger partial charge < -0.3 is 0 Å². The molecule has 0 nitrogen and oxygen atoms in total. The van der Waals surface area contributed by atoms with Crippen molar-refractivity contribution in [2.45, 2.75) is 25.0 Å². The van der Waals surface area contributed by atoms with Crippen LogP contribution < -0.4 is 0 Å². The van der Waals surface area contributed by atoms with E-state index in [-0.39, 0.29) is 0 Å². The van der Waals surface area contributed by atoms with Crippen LogP contribution in [-0.2, 0) is 5.41 Å². The van der Waals surface area contributed by atoms with Crippen molar-refractivity contribution in [2.24, 2.45) is 0 Å². The lowest BCUT2D eigenvalue weighted by Crippen LogP contribution is -2.34. The van der Waals surface area contributed by atoms with Gasteiger partial charge in [-0.15, -0.1) is 25.3 Å². The standard InChI is InChI=1S/C33H22S3/c34-27-15-11-21-17-25(13-9-23(21)19-27)33(26-14-10-24-20-28(35)16-12-22(24)18-26)29-5-1-3-7-31(29)36-32-8-4-2-6-30(32)33/h1-20,34-35H. The molecule has 6 aromatic carbocycles. The van der Waals surface area contributed by atoms with Gasteiger partial charge in [0.2, 0.25) is 0 Å². The van der Waals surface area contributed by atoms with Crippen molar-refractivity contribution in [3.63, 3.8) is 0 Å². The lowest BCUT2D eigenvalue weighted by Gasteiger charge is -2.42. The molecule has 1 heterocycles. The molecule has 36 heavy (non-hydrogen) atoms. The molecule has 0 aliphatic carbocycles. The Morgan fingerprint density at radius 3 is 1.36 bits per heavy atom. The fourth-order valence-electron chi connectivity index (χ4n) is 5.72. The molecule has 3 heteroatoms. The molecular formula is C33H22S3. The molecule has 1 aliphatic heterocycles. The molecule has 0 atom stereocenters. The van der Waals surface area contributed by atoms with E-state index in [2.05, 4.69) is 147 Å². The van der Waals surface area contributed by atoms with Crippen molar-refractivity contribution in [3.8, 4) is 0 Å². The molecule has 0 unspecified atom stereocenters. The van der Waals surface area contributed by atoms with Crippen LogP contribution in [0.2, 0.25) is 0 Å². The van der Waals surface area contributed by atoms with Crippen LogP contribution in [0.25, 0.3) is 21.5 Å². The summed E-state index contributed by atoms with van der Waals surface area (Å²) >= 11 is 11.0. The maximum Gasteiger partial charge on any atom is 0.0723 e. The molecule has 0 spiro atoms. The summed E-state index contributed by atoms with van der Waals surface area (Å²) in [6.45, 7) is 0. The number of thiol groups is 2. The first-order chi connectivity index (χ1) is 17.6. The molecule has 0 fully saturated rings. The molecule has 0 saturated carbocycles. The minimum absolute atomic E-state index is 0.444. The predicted octanol–water partition coefficient (Wildman–Crippen LogP) is 9.42. The molecule has 1 aliphatic rings. The fraction of sp³-hybridized carbons (Fsp3) is 0.0303. The van der Waals surface area contributed by atoms with E-state index in [0.717, 1.165) is 9.79 Å². The first-order valence-electron chi connectivity index (χ1n) is 12.0. The second-order valence-electron chi connectivity index (χ2n) is 9.34. The van der Waals surface area contributed by atoms with E-state index in [4.69, 9.17) is 0 Å². The van der Waals surface area contributed by atoms with Gasteiger partial charge in [0.05, 0.1) is 5.41 Å². The van der Waals surface area contributed by atoms with Crippen LogP contribution >= 0.6 is 37.0 Å². The van der Waals surface area contributed by atoms with Crippen molar-refractivity contribution in [1.29, 1.82) is 0 Å². The second-order valence-corrected chi connectivity index (χ2v) is 11.5. The van der Waals surface area contributed by atoms with Gasteiger partial charge in [0.15, 0.2) is 0 Å². The molecule has 7 rings (SSSR count). The zero-order chi connectivity index (χ0) is 24.3. The quantitative estimate of drug-likeness (QED) is 0.217. The van der Waals surface area contributed by atoms with Crippen LogP contribution in [0.5, 0.6) is 0 Å². The first-order valence-corrected chi connectivity index (χ1v) is 13.7. The largest absolute Gasteiger partial charge is 0.143 e. The summed E-state index contributed by atoms with van der Waals surface area (Å²) in [4.78, 5) is 4.56. The average Bonchev–Trinajstić information content (AvgIpc) is 2.91. The Balaban J connectivity index is 1.63. The van der Waals surface area contributed by atoms with Gasteiger partial charge in [0.1, 0.15) is 0 Å². The molecule has 0 bridgehead atoms. The zero-order valence-corrected chi connectivity index (χ0v) is 22.0. The van der Waals surface area contributed by atoms with Crippen molar-refractivity contribution < 1.29 is 0 Å². The topological polar surface area (TPSA) is 0 Å². The van der Waals surface area contributed by atoms with E-state index in [9.17, 15) is 0 Å². The summed E-state index contributed by atoms with van der Waals surface area (Å²) in [5.74, 6) is 0. The molecule has 0 N–H and O–H groups in total. The monoisotopic (exact) mass is 514 g/mol. The highest BCUT2D eigenvalue weighted by Crippen LogP contribution is 2.56.